The number of aromatic nitrogens is 3. The van der Waals surface area contributed by atoms with Crippen LogP contribution in [0, 0.1) is 12.7 Å². The number of carbonyl (C=O) groups excluding carboxylic acids is 2. The second-order valence-corrected chi connectivity index (χ2v) is 8.54. The minimum Gasteiger partial charge on any atom is -0.351 e. The zero-order chi connectivity index (χ0) is 24.6. The molecule has 0 unspecified atom stereocenters. The second-order valence-electron chi connectivity index (χ2n) is 8.54. The highest BCUT2D eigenvalue weighted by Gasteiger charge is 2.51. The van der Waals surface area contributed by atoms with Crippen LogP contribution in [0.25, 0.3) is 22.6 Å². The molecule has 2 amide bonds. The minimum absolute atomic E-state index is 0.0557. The van der Waals surface area contributed by atoms with Gasteiger partial charge in [-0.1, -0.05) is 46.7 Å². The van der Waals surface area contributed by atoms with E-state index in [1.807, 2.05) is 31.2 Å². The van der Waals surface area contributed by atoms with Gasteiger partial charge in [0, 0.05) is 6.07 Å². The monoisotopic (exact) mass is 475 g/mol. The lowest BCUT2D eigenvalue weighted by Gasteiger charge is -2.21. The summed E-state index contributed by atoms with van der Waals surface area (Å²) in [6, 6.07) is 13.3. The molecular weight excluding hydrogens is 453 g/mol. The van der Waals surface area contributed by atoms with Crippen LogP contribution in [0.4, 0.5) is 4.39 Å². The molecule has 2 N–H and O–H groups in total. The van der Waals surface area contributed by atoms with Crippen molar-refractivity contribution in [3.8, 4) is 22.6 Å². The normalized spacial score (nSPS) is 14.8. The molecule has 1 aliphatic carbocycles. The van der Waals surface area contributed by atoms with E-state index in [4.69, 9.17) is 9.05 Å². The van der Waals surface area contributed by atoms with Crippen molar-refractivity contribution in [3.63, 3.8) is 0 Å². The first-order chi connectivity index (χ1) is 16.9. The van der Waals surface area contributed by atoms with E-state index in [-0.39, 0.29) is 29.2 Å². The van der Waals surface area contributed by atoms with Crippen molar-refractivity contribution in [1.82, 2.24) is 25.9 Å². The number of hydrogen-bond donors (Lipinski definition) is 2. The van der Waals surface area contributed by atoms with E-state index in [1.54, 1.807) is 19.1 Å². The summed E-state index contributed by atoms with van der Waals surface area (Å²) in [5.41, 5.74) is 1.52. The quantitative estimate of drug-likeness (QED) is 0.414. The Bertz CT molecular complexity index is 1380. The third-order valence-corrected chi connectivity index (χ3v) is 6.02. The van der Waals surface area contributed by atoms with Gasteiger partial charge in [-0.25, -0.2) is 4.39 Å². The van der Waals surface area contributed by atoms with E-state index in [0.717, 1.165) is 11.1 Å². The first-order valence-corrected chi connectivity index (χ1v) is 11.1. The van der Waals surface area contributed by atoms with Crippen LogP contribution in [0.15, 0.2) is 63.8 Å². The van der Waals surface area contributed by atoms with Gasteiger partial charge in [-0.2, -0.15) is 4.98 Å². The Morgan fingerprint density at radius 1 is 1.09 bits per heavy atom. The van der Waals surface area contributed by atoms with E-state index in [9.17, 15) is 14.0 Å². The van der Waals surface area contributed by atoms with Crippen molar-refractivity contribution in [2.75, 3.05) is 0 Å². The van der Waals surface area contributed by atoms with Crippen molar-refractivity contribution in [3.05, 3.63) is 77.7 Å². The number of nitrogens with zero attached hydrogens (tertiary/aromatic N) is 3. The molecule has 9 nitrogen and oxygen atoms in total. The number of benzene rings is 2. The predicted molar refractivity (Wildman–Crippen MR) is 122 cm³/mol. The highest BCUT2D eigenvalue weighted by molar-refractivity contribution is 5.99. The predicted octanol–water partition coefficient (Wildman–Crippen LogP) is 3.98. The van der Waals surface area contributed by atoms with Crippen molar-refractivity contribution >= 4 is 11.8 Å². The van der Waals surface area contributed by atoms with Gasteiger partial charge in [-0.3, -0.25) is 9.59 Å². The van der Waals surface area contributed by atoms with E-state index in [2.05, 4.69) is 25.9 Å². The summed E-state index contributed by atoms with van der Waals surface area (Å²) in [6.07, 6.45) is 2.46. The van der Waals surface area contributed by atoms with Crippen molar-refractivity contribution in [1.29, 1.82) is 0 Å². The number of hydrogen-bond acceptors (Lipinski definition) is 7. The zero-order valence-electron chi connectivity index (χ0n) is 19.0. The molecule has 1 fully saturated rings. The zero-order valence-corrected chi connectivity index (χ0v) is 19.0. The van der Waals surface area contributed by atoms with Gasteiger partial charge in [-0.05, 0) is 49.4 Å². The Morgan fingerprint density at radius 3 is 2.49 bits per heavy atom. The Morgan fingerprint density at radius 2 is 1.86 bits per heavy atom. The number of nitrogens with one attached hydrogen (secondary N) is 2. The molecule has 178 valence electrons. The lowest BCUT2D eigenvalue weighted by Crippen LogP contribution is -2.49. The summed E-state index contributed by atoms with van der Waals surface area (Å²) in [5.74, 6) is -0.615. The minimum atomic E-state index is -0.948. The summed E-state index contributed by atoms with van der Waals surface area (Å²) in [7, 11) is 0. The van der Waals surface area contributed by atoms with Crippen LogP contribution in [-0.2, 0) is 4.79 Å². The molecule has 0 saturated heterocycles. The fourth-order valence-corrected chi connectivity index (χ4v) is 3.90. The summed E-state index contributed by atoms with van der Waals surface area (Å²) in [5, 5.41) is 13.0. The third-order valence-electron chi connectivity index (χ3n) is 6.02. The van der Waals surface area contributed by atoms with Crippen molar-refractivity contribution in [2.24, 2.45) is 0 Å². The SMILES string of the molecule is Cc1noc(-c2c(F)cccc2-c2ccc([C@@H](C)NC(=O)C3(NC(=O)c4ccno4)CC3)cc2)n1. The fourth-order valence-electron chi connectivity index (χ4n) is 3.90. The molecule has 0 spiro atoms. The molecule has 2 heterocycles. The summed E-state index contributed by atoms with van der Waals surface area (Å²) < 4.78 is 24.7. The summed E-state index contributed by atoms with van der Waals surface area (Å²) in [6.45, 7) is 3.53. The van der Waals surface area contributed by atoms with Crippen LogP contribution in [-0.4, -0.2) is 32.7 Å². The molecule has 1 atom stereocenters. The van der Waals surface area contributed by atoms with Gasteiger partial charge >= 0.3 is 0 Å². The van der Waals surface area contributed by atoms with E-state index < -0.39 is 17.3 Å². The molecule has 1 aliphatic rings. The molecular formula is C25H22FN5O4. The molecule has 0 radical (unpaired) electrons. The van der Waals surface area contributed by atoms with E-state index in [1.165, 1.54) is 18.3 Å². The van der Waals surface area contributed by atoms with Crippen molar-refractivity contribution in [2.45, 2.75) is 38.3 Å². The maximum atomic E-state index is 14.7. The maximum Gasteiger partial charge on any atom is 0.290 e. The first-order valence-electron chi connectivity index (χ1n) is 11.1. The topological polar surface area (TPSA) is 123 Å². The molecule has 2 aromatic carbocycles. The Hall–Kier alpha value is -4.34. The average molecular weight is 475 g/mol. The van der Waals surface area contributed by atoms with Crippen LogP contribution < -0.4 is 10.6 Å². The molecule has 10 heteroatoms. The van der Waals surface area contributed by atoms with Gasteiger partial charge in [0.15, 0.2) is 5.82 Å². The highest BCUT2D eigenvalue weighted by atomic mass is 19.1. The van der Waals surface area contributed by atoms with E-state index in [0.29, 0.717) is 24.2 Å². The number of amides is 2. The second kappa shape index (κ2) is 8.79. The molecule has 4 aromatic rings. The molecule has 2 aromatic heterocycles. The van der Waals surface area contributed by atoms with E-state index >= 15 is 0 Å². The smallest absolute Gasteiger partial charge is 0.290 e. The Labute approximate surface area is 199 Å². The highest BCUT2D eigenvalue weighted by Crippen LogP contribution is 2.37. The maximum absolute atomic E-state index is 14.7. The van der Waals surface area contributed by atoms with Gasteiger partial charge in [0.2, 0.25) is 11.7 Å². The number of carbonyl (C=O) groups is 2. The molecule has 0 aliphatic heterocycles. The van der Waals surface area contributed by atoms with Gasteiger partial charge < -0.3 is 19.7 Å². The van der Waals surface area contributed by atoms with Gasteiger partial charge in [0.1, 0.15) is 11.4 Å². The van der Waals surface area contributed by atoms with Crippen LogP contribution >= 0.6 is 0 Å². The fraction of sp³-hybridized carbons (Fsp3) is 0.240. The van der Waals surface area contributed by atoms with Crippen LogP contribution in [0.1, 0.15) is 47.7 Å². The van der Waals surface area contributed by atoms with Crippen LogP contribution in [0.3, 0.4) is 0 Å². The Kier molecular flexibility index (Phi) is 5.64. The number of rotatable bonds is 7. The molecule has 35 heavy (non-hydrogen) atoms. The van der Waals surface area contributed by atoms with Gasteiger partial charge in [0.05, 0.1) is 17.8 Å². The number of halogens is 1. The van der Waals surface area contributed by atoms with Crippen LogP contribution in [0.5, 0.6) is 0 Å². The van der Waals surface area contributed by atoms with Crippen molar-refractivity contribution < 1.29 is 23.0 Å². The van der Waals surface area contributed by atoms with Gasteiger partial charge in [0.25, 0.3) is 11.8 Å². The van der Waals surface area contributed by atoms with Crippen LogP contribution in [0.2, 0.25) is 0 Å². The largest absolute Gasteiger partial charge is 0.351 e. The average Bonchev–Trinajstić information content (AvgIpc) is 3.22. The summed E-state index contributed by atoms with van der Waals surface area (Å²) in [4.78, 5) is 29.4. The molecule has 1 saturated carbocycles. The standard InChI is InChI=1S/C25H22FN5O4/c1-14(28-24(33)25(11-12-25)30-22(32)20-10-13-27-34-20)16-6-8-17(9-7-16)18-4-3-5-19(26)21(18)23-29-15(2)31-35-23/h3-10,13-14H,11-12H2,1-2H3,(H,28,33)(H,30,32)/t14-/m1/s1. The molecule has 0 bridgehead atoms. The Balaban J connectivity index is 1.30. The van der Waals surface area contributed by atoms with Gasteiger partial charge in [-0.15, -0.1) is 0 Å². The molecule has 5 rings (SSSR count). The summed E-state index contributed by atoms with van der Waals surface area (Å²) >= 11 is 0. The first kappa shape index (κ1) is 22.5. The lowest BCUT2D eigenvalue weighted by molar-refractivity contribution is -0.124. The third kappa shape index (κ3) is 4.42. The number of aryl methyl sites for hydroxylation is 1. The lowest BCUT2D eigenvalue weighted by atomic mass is 9.97.